The highest BCUT2D eigenvalue weighted by Crippen LogP contribution is 2.28. The largest absolute Gasteiger partial charge is 0.474 e. The van der Waals surface area contributed by atoms with Crippen LogP contribution in [0.3, 0.4) is 0 Å². The number of nitrogen functional groups attached to an aromatic ring is 1. The first-order chi connectivity index (χ1) is 8.09. The van der Waals surface area contributed by atoms with Crippen molar-refractivity contribution in [2.45, 2.75) is 45.8 Å². The summed E-state index contributed by atoms with van der Waals surface area (Å²) in [7, 11) is 0. The Balaban J connectivity index is 2.07. The van der Waals surface area contributed by atoms with Gasteiger partial charge in [0, 0.05) is 6.61 Å². The molecule has 0 aliphatic carbocycles. The van der Waals surface area contributed by atoms with Gasteiger partial charge in [-0.1, -0.05) is 0 Å². The second-order valence-corrected chi connectivity index (χ2v) is 4.79. The fourth-order valence-corrected chi connectivity index (χ4v) is 1.98. The zero-order chi connectivity index (χ0) is 12.4. The number of hydrogen-bond donors (Lipinski definition) is 1. The Bertz CT molecular complexity index is 381. The average molecular weight is 239 g/mol. The highest BCUT2D eigenvalue weighted by Gasteiger charge is 2.20. The molecule has 0 amide bonds. The molecule has 1 aliphatic rings. The Kier molecular flexibility index (Phi) is 3.57. The van der Waals surface area contributed by atoms with Crippen LogP contribution in [0, 0.1) is 6.92 Å². The molecule has 0 bridgehead atoms. The van der Waals surface area contributed by atoms with Crippen LogP contribution in [-0.2, 0) is 4.74 Å². The first-order valence-electron chi connectivity index (χ1n) is 6.18. The summed E-state index contributed by atoms with van der Waals surface area (Å²) in [5.41, 5.74) is 7.43. The molecule has 1 aromatic heterocycles. The molecule has 0 aromatic carbocycles. The van der Waals surface area contributed by atoms with Gasteiger partial charge in [-0.25, -0.2) is 4.68 Å². The summed E-state index contributed by atoms with van der Waals surface area (Å²) in [4.78, 5) is 0. The fraction of sp³-hybridized carbons (Fsp3) is 0.750. The van der Waals surface area contributed by atoms with Crippen LogP contribution in [0.15, 0.2) is 0 Å². The quantitative estimate of drug-likeness (QED) is 0.871. The van der Waals surface area contributed by atoms with Crippen molar-refractivity contribution in [3.63, 3.8) is 0 Å². The molecule has 5 heteroatoms. The lowest BCUT2D eigenvalue weighted by Crippen LogP contribution is -2.18. The van der Waals surface area contributed by atoms with Crippen LogP contribution in [0.5, 0.6) is 5.88 Å². The van der Waals surface area contributed by atoms with Gasteiger partial charge in [-0.15, -0.1) is 0 Å². The number of hydrogen-bond acceptors (Lipinski definition) is 4. The van der Waals surface area contributed by atoms with Gasteiger partial charge in [0.25, 0.3) is 0 Å². The molecule has 1 saturated heterocycles. The van der Waals surface area contributed by atoms with Crippen molar-refractivity contribution in [1.29, 1.82) is 0 Å². The molecule has 1 unspecified atom stereocenters. The second-order valence-electron chi connectivity index (χ2n) is 4.79. The Labute approximate surface area is 102 Å². The molecule has 5 nitrogen and oxygen atoms in total. The number of rotatable bonds is 4. The van der Waals surface area contributed by atoms with Gasteiger partial charge in [-0.3, -0.25) is 0 Å². The van der Waals surface area contributed by atoms with E-state index in [0.29, 0.717) is 18.2 Å². The zero-order valence-electron chi connectivity index (χ0n) is 10.8. The Hall–Kier alpha value is -1.23. The predicted octanol–water partition coefficient (Wildman–Crippen LogP) is 1.91. The number of nitrogens with zero attached hydrogens (tertiary/aromatic N) is 2. The molecule has 2 rings (SSSR count). The number of ether oxygens (including phenoxy) is 2. The van der Waals surface area contributed by atoms with E-state index in [4.69, 9.17) is 15.2 Å². The van der Waals surface area contributed by atoms with Gasteiger partial charge < -0.3 is 15.2 Å². The van der Waals surface area contributed by atoms with Crippen LogP contribution in [0.4, 0.5) is 5.69 Å². The fourth-order valence-electron chi connectivity index (χ4n) is 1.98. The molecule has 0 saturated carbocycles. The van der Waals surface area contributed by atoms with E-state index >= 15 is 0 Å². The maximum atomic E-state index is 5.98. The minimum atomic E-state index is 0.199. The summed E-state index contributed by atoms with van der Waals surface area (Å²) in [6.07, 6.45) is 2.38. The summed E-state index contributed by atoms with van der Waals surface area (Å²) < 4.78 is 13.1. The van der Waals surface area contributed by atoms with Crippen LogP contribution in [0.1, 0.15) is 38.4 Å². The highest BCUT2D eigenvalue weighted by molar-refractivity contribution is 5.52. The van der Waals surface area contributed by atoms with Crippen molar-refractivity contribution in [3.8, 4) is 5.88 Å². The summed E-state index contributed by atoms with van der Waals surface area (Å²) in [5.74, 6) is 0.674. The highest BCUT2D eigenvalue weighted by atomic mass is 16.5. The molecule has 17 heavy (non-hydrogen) atoms. The summed E-state index contributed by atoms with van der Waals surface area (Å²) in [5, 5.41) is 4.38. The maximum absolute atomic E-state index is 5.98. The molecule has 1 aliphatic heterocycles. The van der Waals surface area contributed by atoms with Gasteiger partial charge in [0.05, 0.1) is 17.8 Å². The third-order valence-corrected chi connectivity index (χ3v) is 3.01. The van der Waals surface area contributed by atoms with Gasteiger partial charge in [0.15, 0.2) is 0 Å². The van der Waals surface area contributed by atoms with E-state index in [1.54, 1.807) is 0 Å². The van der Waals surface area contributed by atoms with Crippen molar-refractivity contribution in [3.05, 3.63) is 5.69 Å². The Morgan fingerprint density at radius 2 is 2.35 bits per heavy atom. The van der Waals surface area contributed by atoms with Gasteiger partial charge in [0.1, 0.15) is 12.3 Å². The van der Waals surface area contributed by atoms with Crippen molar-refractivity contribution in [2.75, 3.05) is 18.9 Å². The number of aromatic nitrogens is 2. The molecule has 2 N–H and O–H groups in total. The van der Waals surface area contributed by atoms with Crippen molar-refractivity contribution >= 4 is 5.69 Å². The lowest BCUT2D eigenvalue weighted by atomic mass is 10.2. The first-order valence-corrected chi connectivity index (χ1v) is 6.18. The minimum Gasteiger partial charge on any atom is -0.474 e. The lowest BCUT2D eigenvalue weighted by molar-refractivity contribution is 0.0642. The topological polar surface area (TPSA) is 62.3 Å². The van der Waals surface area contributed by atoms with E-state index in [2.05, 4.69) is 18.9 Å². The summed E-state index contributed by atoms with van der Waals surface area (Å²) in [6.45, 7) is 7.41. The van der Waals surface area contributed by atoms with Crippen LogP contribution in [0.25, 0.3) is 0 Å². The van der Waals surface area contributed by atoms with Gasteiger partial charge in [-0.2, -0.15) is 5.10 Å². The third-order valence-electron chi connectivity index (χ3n) is 3.01. The molecule has 1 aromatic rings. The molecule has 1 atom stereocenters. The van der Waals surface area contributed by atoms with E-state index in [0.717, 1.165) is 25.1 Å². The molecule has 0 radical (unpaired) electrons. The summed E-state index contributed by atoms with van der Waals surface area (Å²) in [6, 6.07) is 0.241. The van der Waals surface area contributed by atoms with E-state index < -0.39 is 0 Å². The number of anilines is 1. The van der Waals surface area contributed by atoms with E-state index in [1.165, 1.54) is 0 Å². The summed E-state index contributed by atoms with van der Waals surface area (Å²) >= 11 is 0. The van der Waals surface area contributed by atoms with Gasteiger partial charge in [-0.05, 0) is 33.6 Å². The maximum Gasteiger partial charge on any atom is 0.236 e. The molecule has 2 heterocycles. The van der Waals surface area contributed by atoms with Crippen molar-refractivity contribution < 1.29 is 9.47 Å². The van der Waals surface area contributed by atoms with Gasteiger partial charge >= 0.3 is 0 Å². The smallest absolute Gasteiger partial charge is 0.236 e. The second kappa shape index (κ2) is 4.96. The Morgan fingerprint density at radius 3 is 2.94 bits per heavy atom. The minimum absolute atomic E-state index is 0.199. The molecular weight excluding hydrogens is 218 g/mol. The van der Waals surface area contributed by atoms with Gasteiger partial charge in [0.2, 0.25) is 5.88 Å². The molecule has 0 spiro atoms. The molecular formula is C12H21N3O2. The number of nitrogens with two attached hydrogens (primary N) is 1. The lowest BCUT2D eigenvalue weighted by Gasteiger charge is -2.15. The van der Waals surface area contributed by atoms with Crippen LogP contribution in [-0.4, -0.2) is 29.1 Å². The van der Waals surface area contributed by atoms with E-state index in [9.17, 15) is 0 Å². The normalized spacial score (nSPS) is 20.1. The Morgan fingerprint density at radius 1 is 1.59 bits per heavy atom. The first kappa shape index (κ1) is 12.2. The van der Waals surface area contributed by atoms with Crippen LogP contribution < -0.4 is 10.5 Å². The van der Waals surface area contributed by atoms with Crippen LogP contribution in [0.2, 0.25) is 0 Å². The predicted molar refractivity (Wildman–Crippen MR) is 66.2 cm³/mol. The van der Waals surface area contributed by atoms with Crippen molar-refractivity contribution in [1.82, 2.24) is 9.78 Å². The van der Waals surface area contributed by atoms with E-state index in [1.807, 2.05) is 11.6 Å². The zero-order valence-corrected chi connectivity index (χ0v) is 10.8. The SMILES string of the molecule is Cc1nn(C(C)C)c(OCC2CCCO2)c1N. The molecule has 1 fully saturated rings. The van der Waals surface area contributed by atoms with Crippen molar-refractivity contribution in [2.24, 2.45) is 0 Å². The van der Waals surface area contributed by atoms with E-state index in [-0.39, 0.29) is 12.1 Å². The third kappa shape index (κ3) is 2.54. The molecule has 96 valence electrons. The number of aryl methyl sites for hydroxylation is 1. The van der Waals surface area contributed by atoms with Crippen LogP contribution >= 0.6 is 0 Å². The monoisotopic (exact) mass is 239 g/mol. The standard InChI is InChI=1S/C12H21N3O2/c1-8(2)15-12(11(13)9(3)14-15)17-7-10-5-4-6-16-10/h8,10H,4-7,13H2,1-3H3. The average Bonchev–Trinajstić information content (AvgIpc) is 2.87.